The van der Waals surface area contributed by atoms with Crippen LogP contribution in [0.4, 0.5) is 0 Å². The predicted molar refractivity (Wildman–Crippen MR) is 141 cm³/mol. The van der Waals surface area contributed by atoms with E-state index in [4.69, 9.17) is 15.2 Å². The number of aromatic nitrogens is 2. The summed E-state index contributed by atoms with van der Waals surface area (Å²) in [4.78, 5) is 35.6. The number of methoxy groups -OCH3 is 1. The number of ether oxygens (including phenoxy) is 2. The van der Waals surface area contributed by atoms with Crippen LogP contribution in [0.25, 0.3) is 0 Å². The van der Waals surface area contributed by atoms with Gasteiger partial charge in [0, 0.05) is 24.9 Å². The number of nitrogens with zero attached hydrogens (tertiary/aromatic N) is 2. The lowest BCUT2D eigenvalue weighted by Crippen LogP contribution is -2.64. The first-order valence-corrected chi connectivity index (χ1v) is 12.8. The summed E-state index contributed by atoms with van der Waals surface area (Å²) in [5.74, 6) is -1.18. The number of aromatic amines is 1. The van der Waals surface area contributed by atoms with E-state index in [2.05, 4.69) is 16.9 Å². The molecule has 2 heterocycles. The maximum atomic E-state index is 14.0. The van der Waals surface area contributed by atoms with E-state index in [9.17, 15) is 9.59 Å². The molecule has 0 aliphatic carbocycles. The third-order valence-corrected chi connectivity index (χ3v) is 7.16. The molecule has 8 nitrogen and oxygen atoms in total. The van der Waals surface area contributed by atoms with Crippen molar-refractivity contribution in [1.82, 2.24) is 14.9 Å². The lowest BCUT2D eigenvalue weighted by Gasteiger charge is -2.51. The van der Waals surface area contributed by atoms with Crippen LogP contribution in [0.15, 0.2) is 67.1 Å². The Morgan fingerprint density at radius 2 is 1.81 bits per heavy atom. The standard InChI is InChI=1S/C29H36N4O4/c1-3-4-14-37-29(22-8-6-5-7-9-22)18-33(19-29)28(35)26(15-21-10-12-24(36-2)13-11-21)25(27(30)34)16-23-17-31-20-32-23/h5-13,17,20,25-26H,3-4,14-16,18-19H2,1-2H3,(H2,30,34)(H,31,32)/t25?,26-/m1/s1. The summed E-state index contributed by atoms with van der Waals surface area (Å²) in [5, 5.41) is 0. The van der Waals surface area contributed by atoms with Gasteiger partial charge < -0.3 is 25.1 Å². The number of benzene rings is 2. The molecule has 3 N–H and O–H groups in total. The van der Waals surface area contributed by atoms with Gasteiger partial charge in [-0.25, -0.2) is 4.98 Å². The van der Waals surface area contributed by atoms with Crippen molar-refractivity contribution in [1.29, 1.82) is 0 Å². The van der Waals surface area contributed by atoms with E-state index in [-0.39, 0.29) is 5.91 Å². The Morgan fingerprint density at radius 1 is 1.08 bits per heavy atom. The molecule has 1 aliphatic rings. The zero-order valence-electron chi connectivity index (χ0n) is 21.6. The molecule has 1 aliphatic heterocycles. The van der Waals surface area contributed by atoms with Gasteiger partial charge in [0.2, 0.25) is 11.8 Å². The van der Waals surface area contributed by atoms with E-state index < -0.39 is 23.3 Å². The van der Waals surface area contributed by atoms with Gasteiger partial charge in [-0.1, -0.05) is 55.8 Å². The Hall–Kier alpha value is -3.65. The van der Waals surface area contributed by atoms with Crippen LogP contribution >= 0.6 is 0 Å². The van der Waals surface area contributed by atoms with Crippen molar-refractivity contribution in [3.63, 3.8) is 0 Å². The molecule has 0 bridgehead atoms. The third-order valence-electron chi connectivity index (χ3n) is 7.16. The summed E-state index contributed by atoms with van der Waals surface area (Å²) >= 11 is 0. The van der Waals surface area contributed by atoms with Gasteiger partial charge >= 0.3 is 0 Å². The number of nitrogens with one attached hydrogen (secondary N) is 1. The van der Waals surface area contributed by atoms with Gasteiger partial charge in [-0.3, -0.25) is 9.59 Å². The highest BCUT2D eigenvalue weighted by Crippen LogP contribution is 2.38. The summed E-state index contributed by atoms with van der Waals surface area (Å²) in [6, 6.07) is 17.6. The van der Waals surface area contributed by atoms with Crippen LogP contribution in [-0.4, -0.2) is 53.5 Å². The smallest absolute Gasteiger partial charge is 0.227 e. The van der Waals surface area contributed by atoms with Crippen LogP contribution in [-0.2, 0) is 32.8 Å². The molecule has 2 aromatic carbocycles. The minimum atomic E-state index is -0.692. The van der Waals surface area contributed by atoms with Crippen molar-refractivity contribution < 1.29 is 19.1 Å². The quantitative estimate of drug-likeness (QED) is 0.346. The molecule has 2 amide bonds. The molecular formula is C29H36N4O4. The Bertz CT molecular complexity index is 1140. The van der Waals surface area contributed by atoms with E-state index >= 15 is 0 Å². The van der Waals surface area contributed by atoms with E-state index in [1.165, 1.54) is 0 Å². The lowest BCUT2D eigenvalue weighted by molar-refractivity contribution is -0.178. The number of unbranched alkanes of at least 4 members (excludes halogenated alkanes) is 1. The maximum Gasteiger partial charge on any atom is 0.227 e. The fraction of sp³-hybridized carbons (Fsp3) is 0.414. The topological polar surface area (TPSA) is 111 Å². The molecule has 4 rings (SSSR count). The second-order valence-electron chi connectivity index (χ2n) is 9.71. The first-order valence-electron chi connectivity index (χ1n) is 12.8. The number of carbonyl (C=O) groups is 2. The van der Waals surface area contributed by atoms with Gasteiger partial charge in [0.05, 0.1) is 38.4 Å². The van der Waals surface area contributed by atoms with Crippen molar-refractivity contribution >= 4 is 11.8 Å². The average Bonchev–Trinajstić information content (AvgIpc) is 3.41. The first-order chi connectivity index (χ1) is 18.0. The average molecular weight is 505 g/mol. The van der Waals surface area contributed by atoms with Crippen molar-refractivity contribution in [2.45, 2.75) is 38.2 Å². The van der Waals surface area contributed by atoms with Gasteiger partial charge in [-0.15, -0.1) is 0 Å². The lowest BCUT2D eigenvalue weighted by atomic mass is 9.79. The number of rotatable bonds is 13. The number of likely N-dealkylation sites (tertiary alicyclic amines) is 1. The summed E-state index contributed by atoms with van der Waals surface area (Å²) in [7, 11) is 1.61. The van der Waals surface area contributed by atoms with Gasteiger partial charge in [0.1, 0.15) is 11.4 Å². The normalized spacial score (nSPS) is 16.0. The molecule has 8 heteroatoms. The maximum absolute atomic E-state index is 14.0. The minimum Gasteiger partial charge on any atom is -0.497 e. The number of imidazole rings is 1. The summed E-state index contributed by atoms with van der Waals surface area (Å²) in [6.45, 7) is 3.64. The van der Waals surface area contributed by atoms with Crippen molar-refractivity contribution in [3.8, 4) is 5.75 Å². The highest BCUT2D eigenvalue weighted by atomic mass is 16.5. The third kappa shape index (κ3) is 6.20. The van der Waals surface area contributed by atoms with Crippen LogP contribution in [0, 0.1) is 11.8 Å². The fourth-order valence-corrected chi connectivity index (χ4v) is 4.96. The molecule has 2 atom stereocenters. The van der Waals surface area contributed by atoms with Gasteiger partial charge in [0.25, 0.3) is 0 Å². The van der Waals surface area contributed by atoms with Crippen LogP contribution < -0.4 is 10.5 Å². The van der Waals surface area contributed by atoms with Crippen molar-refractivity contribution in [2.24, 2.45) is 17.6 Å². The molecule has 1 aromatic heterocycles. The molecule has 1 unspecified atom stereocenters. The van der Waals surface area contributed by atoms with Gasteiger partial charge in [0.15, 0.2) is 0 Å². The zero-order chi connectivity index (χ0) is 26.3. The number of hydrogen-bond donors (Lipinski definition) is 2. The Labute approximate surface area is 218 Å². The Kier molecular flexibility index (Phi) is 8.61. The molecular weight excluding hydrogens is 468 g/mol. The van der Waals surface area contributed by atoms with E-state index in [1.807, 2.05) is 54.6 Å². The summed E-state index contributed by atoms with van der Waals surface area (Å²) in [5.41, 5.74) is 8.11. The summed E-state index contributed by atoms with van der Waals surface area (Å²) < 4.78 is 11.6. The largest absolute Gasteiger partial charge is 0.497 e. The van der Waals surface area contributed by atoms with Crippen LogP contribution in [0.1, 0.15) is 36.6 Å². The zero-order valence-corrected chi connectivity index (χ0v) is 21.6. The van der Waals surface area contributed by atoms with Crippen molar-refractivity contribution in [2.75, 3.05) is 26.8 Å². The Morgan fingerprint density at radius 3 is 2.41 bits per heavy atom. The predicted octanol–water partition coefficient (Wildman–Crippen LogP) is 3.48. The number of nitrogens with two attached hydrogens (primary N) is 1. The molecule has 1 saturated heterocycles. The number of H-pyrrole nitrogens is 1. The molecule has 37 heavy (non-hydrogen) atoms. The van der Waals surface area contributed by atoms with E-state index in [0.29, 0.717) is 32.5 Å². The number of primary amides is 1. The minimum absolute atomic E-state index is 0.0928. The van der Waals surface area contributed by atoms with E-state index in [1.54, 1.807) is 24.5 Å². The summed E-state index contributed by atoms with van der Waals surface area (Å²) in [6.07, 6.45) is 5.91. The van der Waals surface area contributed by atoms with Gasteiger partial charge in [-0.2, -0.15) is 0 Å². The molecule has 0 radical (unpaired) electrons. The number of carbonyl (C=O) groups excluding carboxylic acids is 2. The second kappa shape index (κ2) is 12.1. The molecule has 196 valence electrons. The molecule has 1 fully saturated rings. The van der Waals surface area contributed by atoms with Crippen LogP contribution in [0.3, 0.4) is 0 Å². The molecule has 0 saturated carbocycles. The van der Waals surface area contributed by atoms with Gasteiger partial charge in [-0.05, 0) is 36.1 Å². The molecule has 3 aromatic rings. The molecule has 0 spiro atoms. The second-order valence-corrected chi connectivity index (χ2v) is 9.71. The monoisotopic (exact) mass is 504 g/mol. The number of hydrogen-bond acceptors (Lipinski definition) is 5. The SMILES string of the molecule is CCCCOC1(c2ccccc2)CN(C(=O)[C@H](Cc2ccc(OC)cc2)C(Cc2cnc[nH]2)C(N)=O)C1. The first kappa shape index (κ1) is 26.4. The van der Waals surface area contributed by atoms with Crippen molar-refractivity contribution in [3.05, 3.63) is 83.9 Å². The van der Waals surface area contributed by atoms with Crippen LogP contribution in [0.2, 0.25) is 0 Å². The highest BCUT2D eigenvalue weighted by molar-refractivity contribution is 5.88. The fourth-order valence-electron chi connectivity index (χ4n) is 4.96. The highest BCUT2D eigenvalue weighted by Gasteiger charge is 2.50. The number of amides is 2. The Balaban J connectivity index is 1.58. The van der Waals surface area contributed by atoms with Crippen LogP contribution in [0.5, 0.6) is 5.75 Å². The van der Waals surface area contributed by atoms with E-state index in [0.717, 1.165) is 35.4 Å².